The minimum atomic E-state index is -0.0634. The molecule has 4 nitrogen and oxygen atoms in total. The smallest absolute Gasteiger partial charge is 0.315 e. The summed E-state index contributed by atoms with van der Waals surface area (Å²) in [6, 6.07) is 8.50. The molecule has 2 amide bonds. The molecule has 1 saturated carbocycles. The van der Waals surface area contributed by atoms with Crippen LogP contribution >= 0.6 is 11.8 Å². The van der Waals surface area contributed by atoms with Gasteiger partial charge in [0.25, 0.3) is 0 Å². The largest absolute Gasteiger partial charge is 0.378 e. The number of ether oxygens (including phenoxy) is 1. The lowest BCUT2D eigenvalue weighted by Crippen LogP contribution is -2.49. The van der Waals surface area contributed by atoms with Gasteiger partial charge >= 0.3 is 6.03 Å². The lowest BCUT2D eigenvalue weighted by molar-refractivity contribution is 0.0549. The number of carbonyl (C=O) groups excluding carboxylic acids is 1. The van der Waals surface area contributed by atoms with Gasteiger partial charge in [0, 0.05) is 30.0 Å². The van der Waals surface area contributed by atoms with Crippen LogP contribution in [0.4, 0.5) is 4.79 Å². The van der Waals surface area contributed by atoms with Crippen molar-refractivity contribution in [2.45, 2.75) is 49.3 Å². The standard InChI is InChI=1S/C17H24N2O2S/c1-22-13-7-5-12(6-8-13)11-18-17(20)19-15-3-2-4-16-14(15)9-10-21-16/h5-8,14-16H,2-4,9-11H2,1H3,(H2,18,19,20). The van der Waals surface area contributed by atoms with Crippen molar-refractivity contribution in [2.24, 2.45) is 5.92 Å². The minimum Gasteiger partial charge on any atom is -0.378 e. The number of thioether (sulfide) groups is 1. The molecule has 2 aliphatic rings. The Kier molecular flexibility index (Phi) is 5.26. The van der Waals surface area contributed by atoms with Gasteiger partial charge in [-0.2, -0.15) is 0 Å². The number of benzene rings is 1. The van der Waals surface area contributed by atoms with Crippen LogP contribution in [0.2, 0.25) is 0 Å². The monoisotopic (exact) mass is 320 g/mol. The number of nitrogens with one attached hydrogen (secondary N) is 2. The highest BCUT2D eigenvalue weighted by Crippen LogP contribution is 2.34. The summed E-state index contributed by atoms with van der Waals surface area (Å²) in [7, 11) is 0. The van der Waals surface area contributed by atoms with E-state index in [4.69, 9.17) is 4.74 Å². The van der Waals surface area contributed by atoms with Crippen molar-refractivity contribution in [3.63, 3.8) is 0 Å². The summed E-state index contributed by atoms with van der Waals surface area (Å²) in [5.41, 5.74) is 1.12. The first-order valence-electron chi connectivity index (χ1n) is 8.05. The summed E-state index contributed by atoms with van der Waals surface area (Å²) in [6.45, 7) is 1.41. The van der Waals surface area contributed by atoms with Crippen molar-refractivity contribution in [1.29, 1.82) is 0 Å². The molecule has 1 aromatic carbocycles. The summed E-state index contributed by atoms with van der Waals surface area (Å²) in [6.07, 6.45) is 6.85. The van der Waals surface area contributed by atoms with Crippen LogP contribution in [0.25, 0.3) is 0 Å². The van der Waals surface area contributed by atoms with Gasteiger partial charge in [0.15, 0.2) is 0 Å². The highest BCUT2D eigenvalue weighted by atomic mass is 32.2. The summed E-state index contributed by atoms with van der Waals surface area (Å²) in [4.78, 5) is 13.4. The van der Waals surface area contributed by atoms with Gasteiger partial charge < -0.3 is 15.4 Å². The van der Waals surface area contributed by atoms with E-state index in [1.807, 2.05) is 0 Å². The Bertz CT molecular complexity index is 506. The zero-order valence-electron chi connectivity index (χ0n) is 13.0. The molecule has 1 heterocycles. The molecule has 1 aliphatic heterocycles. The van der Waals surface area contributed by atoms with Gasteiger partial charge in [-0.25, -0.2) is 4.79 Å². The number of fused-ring (bicyclic) bond motifs is 1. The zero-order chi connectivity index (χ0) is 15.4. The third-order valence-corrected chi connectivity index (χ3v) is 5.45. The van der Waals surface area contributed by atoms with Gasteiger partial charge in [0.05, 0.1) is 6.10 Å². The average molecular weight is 320 g/mol. The molecular formula is C17H24N2O2S. The first kappa shape index (κ1) is 15.7. The molecular weight excluding hydrogens is 296 g/mol. The predicted octanol–water partition coefficient (Wildman–Crippen LogP) is 3.17. The lowest BCUT2D eigenvalue weighted by Gasteiger charge is -2.33. The quantitative estimate of drug-likeness (QED) is 0.838. The molecule has 2 fully saturated rings. The maximum Gasteiger partial charge on any atom is 0.315 e. The second kappa shape index (κ2) is 7.38. The van der Waals surface area contributed by atoms with E-state index in [1.165, 1.54) is 4.90 Å². The van der Waals surface area contributed by atoms with E-state index in [-0.39, 0.29) is 12.1 Å². The molecule has 1 aliphatic carbocycles. The summed E-state index contributed by atoms with van der Waals surface area (Å²) < 4.78 is 5.75. The molecule has 0 aromatic heterocycles. The number of amides is 2. The van der Waals surface area contributed by atoms with Gasteiger partial charge in [-0.1, -0.05) is 12.1 Å². The molecule has 2 N–H and O–H groups in total. The van der Waals surface area contributed by atoms with E-state index in [2.05, 4.69) is 41.2 Å². The summed E-state index contributed by atoms with van der Waals surface area (Å²) in [5, 5.41) is 6.11. The zero-order valence-corrected chi connectivity index (χ0v) is 13.8. The molecule has 3 unspecified atom stereocenters. The van der Waals surface area contributed by atoms with Crippen LogP contribution in [0.15, 0.2) is 29.2 Å². The highest BCUT2D eigenvalue weighted by molar-refractivity contribution is 7.98. The van der Waals surface area contributed by atoms with Crippen LogP contribution in [-0.2, 0) is 11.3 Å². The van der Waals surface area contributed by atoms with Crippen LogP contribution in [-0.4, -0.2) is 31.0 Å². The average Bonchev–Trinajstić information content (AvgIpc) is 3.03. The molecule has 0 radical (unpaired) electrons. The van der Waals surface area contributed by atoms with Crippen LogP contribution in [0.5, 0.6) is 0 Å². The second-order valence-corrected chi connectivity index (χ2v) is 6.95. The molecule has 1 aromatic rings. The van der Waals surface area contributed by atoms with Crippen LogP contribution < -0.4 is 10.6 Å². The fourth-order valence-corrected chi connectivity index (χ4v) is 3.91. The highest BCUT2D eigenvalue weighted by Gasteiger charge is 2.38. The van der Waals surface area contributed by atoms with Crippen LogP contribution in [0.1, 0.15) is 31.2 Å². The maximum absolute atomic E-state index is 12.1. The third-order valence-electron chi connectivity index (χ3n) is 4.71. The number of rotatable bonds is 4. The van der Waals surface area contributed by atoms with Gasteiger partial charge in [-0.3, -0.25) is 0 Å². The van der Waals surface area contributed by atoms with E-state index in [1.54, 1.807) is 11.8 Å². The Hall–Kier alpha value is -1.20. The summed E-state index contributed by atoms with van der Waals surface area (Å²) in [5.74, 6) is 0.500. The number of carbonyl (C=O) groups is 1. The Morgan fingerprint density at radius 1 is 1.27 bits per heavy atom. The van der Waals surface area contributed by atoms with Crippen molar-refractivity contribution in [3.05, 3.63) is 29.8 Å². The molecule has 1 saturated heterocycles. The first-order chi connectivity index (χ1) is 10.8. The van der Waals surface area contributed by atoms with Crippen molar-refractivity contribution >= 4 is 17.8 Å². The molecule has 0 bridgehead atoms. The second-order valence-electron chi connectivity index (χ2n) is 6.07. The molecule has 3 rings (SSSR count). The molecule has 5 heteroatoms. The van der Waals surface area contributed by atoms with E-state index in [0.717, 1.165) is 37.9 Å². The topological polar surface area (TPSA) is 50.4 Å². The fourth-order valence-electron chi connectivity index (χ4n) is 3.50. The van der Waals surface area contributed by atoms with E-state index in [9.17, 15) is 4.79 Å². The Balaban J connectivity index is 1.47. The van der Waals surface area contributed by atoms with E-state index in [0.29, 0.717) is 18.6 Å². The normalized spacial score (nSPS) is 27.2. The Morgan fingerprint density at radius 3 is 2.86 bits per heavy atom. The van der Waals surface area contributed by atoms with Crippen molar-refractivity contribution in [2.75, 3.05) is 12.9 Å². The Morgan fingerprint density at radius 2 is 2.09 bits per heavy atom. The van der Waals surface area contributed by atoms with Gasteiger partial charge in [0.2, 0.25) is 0 Å². The van der Waals surface area contributed by atoms with E-state index < -0.39 is 0 Å². The summed E-state index contributed by atoms with van der Waals surface area (Å²) >= 11 is 1.72. The number of urea groups is 1. The SMILES string of the molecule is CSc1ccc(CNC(=O)NC2CCCC3OCCC23)cc1. The Labute approximate surface area is 136 Å². The van der Waals surface area contributed by atoms with Gasteiger partial charge in [0.1, 0.15) is 0 Å². The van der Waals surface area contributed by atoms with Crippen molar-refractivity contribution in [1.82, 2.24) is 10.6 Å². The molecule has 0 spiro atoms. The van der Waals surface area contributed by atoms with Gasteiger partial charge in [-0.15, -0.1) is 11.8 Å². The molecule has 3 atom stereocenters. The molecule has 120 valence electrons. The van der Waals surface area contributed by atoms with Crippen LogP contribution in [0, 0.1) is 5.92 Å². The van der Waals surface area contributed by atoms with Crippen molar-refractivity contribution < 1.29 is 9.53 Å². The van der Waals surface area contributed by atoms with E-state index >= 15 is 0 Å². The number of hydrogen-bond acceptors (Lipinski definition) is 3. The maximum atomic E-state index is 12.1. The third kappa shape index (κ3) is 3.76. The van der Waals surface area contributed by atoms with Crippen LogP contribution in [0.3, 0.4) is 0 Å². The number of hydrogen-bond donors (Lipinski definition) is 2. The fraction of sp³-hybridized carbons (Fsp3) is 0.588. The van der Waals surface area contributed by atoms with Gasteiger partial charge in [-0.05, 0) is 49.6 Å². The van der Waals surface area contributed by atoms with Crippen molar-refractivity contribution in [3.8, 4) is 0 Å². The minimum absolute atomic E-state index is 0.0634. The first-order valence-corrected chi connectivity index (χ1v) is 9.27. The lowest BCUT2D eigenvalue weighted by atomic mass is 9.82. The molecule has 22 heavy (non-hydrogen) atoms. The predicted molar refractivity (Wildman–Crippen MR) is 89.1 cm³/mol.